The van der Waals surface area contributed by atoms with Crippen molar-refractivity contribution >= 4 is 28.3 Å². The number of halogens is 1. The van der Waals surface area contributed by atoms with Gasteiger partial charge < -0.3 is 10.1 Å². The zero-order valence-electron chi connectivity index (χ0n) is 15.9. The van der Waals surface area contributed by atoms with Crippen LogP contribution in [0.5, 0.6) is 5.75 Å². The molecule has 150 valence electrons. The van der Waals surface area contributed by atoms with Crippen LogP contribution < -0.4 is 15.6 Å². The molecule has 7 heteroatoms. The van der Waals surface area contributed by atoms with E-state index in [1.807, 2.05) is 18.2 Å². The summed E-state index contributed by atoms with van der Waals surface area (Å²) >= 11 is 5.85. The molecule has 6 nitrogen and oxygen atoms in total. The van der Waals surface area contributed by atoms with Crippen LogP contribution in [-0.2, 0) is 0 Å². The Hall–Kier alpha value is -3.64. The van der Waals surface area contributed by atoms with E-state index < -0.39 is 0 Å². The average Bonchev–Trinajstić information content (AvgIpc) is 2.79. The van der Waals surface area contributed by atoms with E-state index in [0.29, 0.717) is 27.2 Å². The van der Waals surface area contributed by atoms with Crippen molar-refractivity contribution in [2.75, 3.05) is 13.2 Å². The fraction of sp³-hybridized carbons (Fsp3) is 0.0870. The summed E-state index contributed by atoms with van der Waals surface area (Å²) in [5.74, 6) is 0.283. The van der Waals surface area contributed by atoms with Gasteiger partial charge in [0.1, 0.15) is 12.4 Å². The fourth-order valence-electron chi connectivity index (χ4n) is 3.05. The monoisotopic (exact) mass is 419 g/mol. The quantitative estimate of drug-likeness (QED) is 0.482. The van der Waals surface area contributed by atoms with Gasteiger partial charge in [-0.25, -0.2) is 0 Å². The first kappa shape index (κ1) is 19.7. The zero-order chi connectivity index (χ0) is 20.9. The van der Waals surface area contributed by atoms with Crippen molar-refractivity contribution in [1.82, 2.24) is 15.1 Å². The number of para-hydroxylation sites is 1. The predicted octanol–water partition coefficient (Wildman–Crippen LogP) is 3.85. The Labute approximate surface area is 177 Å². The van der Waals surface area contributed by atoms with E-state index in [0.717, 1.165) is 0 Å². The highest BCUT2D eigenvalue weighted by Gasteiger charge is 2.17. The first-order valence-electron chi connectivity index (χ1n) is 9.37. The summed E-state index contributed by atoms with van der Waals surface area (Å²) in [5.41, 5.74) is 0.494. The van der Waals surface area contributed by atoms with Gasteiger partial charge in [0.25, 0.3) is 11.5 Å². The minimum absolute atomic E-state index is 0.181. The number of nitrogens with one attached hydrogen (secondary N) is 1. The second kappa shape index (κ2) is 8.80. The molecular formula is C23H18ClN3O3. The molecule has 1 amide bonds. The number of ether oxygens (including phenoxy) is 1. The van der Waals surface area contributed by atoms with Gasteiger partial charge in [-0.1, -0.05) is 48.0 Å². The summed E-state index contributed by atoms with van der Waals surface area (Å²) in [5, 5.41) is 8.72. The van der Waals surface area contributed by atoms with E-state index in [1.54, 1.807) is 60.7 Å². The van der Waals surface area contributed by atoms with Crippen molar-refractivity contribution in [2.24, 2.45) is 0 Å². The van der Waals surface area contributed by atoms with E-state index in [9.17, 15) is 9.59 Å². The molecule has 0 bridgehead atoms. The molecule has 1 heterocycles. The molecule has 1 N–H and O–H groups in total. The van der Waals surface area contributed by atoms with E-state index >= 15 is 0 Å². The van der Waals surface area contributed by atoms with Gasteiger partial charge in [-0.15, -0.1) is 0 Å². The SMILES string of the molecule is O=C(NCCOc1ccc(Cl)cc1)c1nn(-c2ccccc2)c(=O)c2ccccc12. The Balaban J connectivity index is 1.56. The van der Waals surface area contributed by atoms with Crippen molar-refractivity contribution in [3.63, 3.8) is 0 Å². The minimum atomic E-state index is -0.379. The summed E-state index contributed by atoms with van der Waals surface area (Å²) in [6, 6.07) is 23.0. The van der Waals surface area contributed by atoms with Crippen LogP contribution in [0.2, 0.25) is 5.02 Å². The summed E-state index contributed by atoms with van der Waals surface area (Å²) in [6.45, 7) is 0.561. The first-order chi connectivity index (χ1) is 14.6. The molecule has 0 spiro atoms. The van der Waals surface area contributed by atoms with Crippen LogP contribution in [0.15, 0.2) is 83.7 Å². The van der Waals surface area contributed by atoms with Crippen LogP contribution in [0.1, 0.15) is 10.5 Å². The molecule has 1 aromatic heterocycles. The number of benzene rings is 3. The number of carbonyl (C=O) groups is 1. The van der Waals surface area contributed by atoms with Gasteiger partial charge in [-0.3, -0.25) is 9.59 Å². The molecule has 0 aliphatic rings. The van der Waals surface area contributed by atoms with Gasteiger partial charge in [0.05, 0.1) is 17.6 Å². The highest BCUT2D eigenvalue weighted by atomic mass is 35.5. The normalized spacial score (nSPS) is 10.7. The summed E-state index contributed by atoms with van der Waals surface area (Å²) in [4.78, 5) is 25.7. The number of carbonyl (C=O) groups excluding carboxylic acids is 1. The summed E-state index contributed by atoms with van der Waals surface area (Å²) in [7, 11) is 0. The summed E-state index contributed by atoms with van der Waals surface area (Å²) < 4.78 is 6.85. The Morgan fingerprint density at radius 2 is 1.60 bits per heavy atom. The minimum Gasteiger partial charge on any atom is -0.492 e. The molecule has 0 aliphatic heterocycles. The highest BCUT2D eigenvalue weighted by molar-refractivity contribution is 6.30. The lowest BCUT2D eigenvalue weighted by atomic mass is 10.1. The van der Waals surface area contributed by atoms with Gasteiger partial charge in [-0.2, -0.15) is 9.78 Å². The van der Waals surface area contributed by atoms with Crippen molar-refractivity contribution in [3.05, 3.63) is 99.9 Å². The topological polar surface area (TPSA) is 73.2 Å². The maximum atomic E-state index is 12.9. The van der Waals surface area contributed by atoms with Crippen molar-refractivity contribution in [1.29, 1.82) is 0 Å². The molecule has 0 radical (unpaired) electrons. The fourth-order valence-corrected chi connectivity index (χ4v) is 3.18. The van der Waals surface area contributed by atoms with E-state index in [2.05, 4.69) is 10.4 Å². The van der Waals surface area contributed by atoms with Crippen LogP contribution in [0, 0.1) is 0 Å². The second-order valence-corrected chi connectivity index (χ2v) is 6.94. The smallest absolute Gasteiger partial charge is 0.279 e. The predicted molar refractivity (Wildman–Crippen MR) is 117 cm³/mol. The maximum Gasteiger partial charge on any atom is 0.279 e. The zero-order valence-corrected chi connectivity index (χ0v) is 16.7. The molecule has 0 atom stereocenters. The lowest BCUT2D eigenvalue weighted by Crippen LogP contribution is -2.32. The Morgan fingerprint density at radius 3 is 2.33 bits per heavy atom. The molecule has 0 fully saturated rings. The van der Waals surface area contributed by atoms with Crippen molar-refractivity contribution in [2.45, 2.75) is 0 Å². The third-order valence-corrected chi connectivity index (χ3v) is 4.74. The van der Waals surface area contributed by atoms with Crippen LogP contribution >= 0.6 is 11.6 Å². The van der Waals surface area contributed by atoms with E-state index in [-0.39, 0.29) is 30.3 Å². The average molecular weight is 420 g/mol. The molecule has 30 heavy (non-hydrogen) atoms. The number of rotatable bonds is 6. The van der Waals surface area contributed by atoms with Crippen LogP contribution in [0.25, 0.3) is 16.5 Å². The van der Waals surface area contributed by atoms with Gasteiger partial charge in [0.15, 0.2) is 5.69 Å². The number of fused-ring (bicyclic) bond motifs is 1. The standard InChI is InChI=1S/C23H18ClN3O3/c24-16-10-12-18(13-11-16)30-15-14-25-22(28)21-19-8-4-5-9-20(19)23(29)27(26-21)17-6-2-1-3-7-17/h1-13H,14-15H2,(H,25,28). The van der Waals surface area contributed by atoms with E-state index in [4.69, 9.17) is 16.3 Å². The molecule has 4 aromatic rings. The van der Waals surface area contributed by atoms with Crippen molar-refractivity contribution in [3.8, 4) is 11.4 Å². The largest absolute Gasteiger partial charge is 0.492 e. The third kappa shape index (κ3) is 4.18. The number of hydrogen-bond donors (Lipinski definition) is 1. The summed E-state index contributed by atoms with van der Waals surface area (Å²) in [6.07, 6.45) is 0. The highest BCUT2D eigenvalue weighted by Crippen LogP contribution is 2.16. The van der Waals surface area contributed by atoms with Gasteiger partial charge in [0, 0.05) is 10.4 Å². The molecule has 0 aliphatic carbocycles. The Kier molecular flexibility index (Phi) is 5.77. The third-order valence-electron chi connectivity index (χ3n) is 4.49. The van der Waals surface area contributed by atoms with Gasteiger partial charge in [0.2, 0.25) is 0 Å². The van der Waals surface area contributed by atoms with Gasteiger partial charge in [-0.05, 0) is 42.5 Å². The van der Waals surface area contributed by atoms with Crippen LogP contribution in [-0.4, -0.2) is 28.8 Å². The number of aromatic nitrogens is 2. The van der Waals surface area contributed by atoms with Crippen molar-refractivity contribution < 1.29 is 9.53 Å². The van der Waals surface area contributed by atoms with Gasteiger partial charge >= 0.3 is 0 Å². The van der Waals surface area contributed by atoms with Crippen LogP contribution in [0.4, 0.5) is 0 Å². The van der Waals surface area contributed by atoms with E-state index in [1.165, 1.54) is 4.68 Å². The first-order valence-corrected chi connectivity index (χ1v) is 9.75. The maximum absolute atomic E-state index is 12.9. The molecule has 0 saturated carbocycles. The second-order valence-electron chi connectivity index (χ2n) is 6.50. The molecular weight excluding hydrogens is 402 g/mol. The van der Waals surface area contributed by atoms with Crippen LogP contribution in [0.3, 0.4) is 0 Å². The lowest BCUT2D eigenvalue weighted by molar-refractivity contribution is 0.0942. The molecule has 0 saturated heterocycles. The Morgan fingerprint density at radius 1 is 0.933 bits per heavy atom. The molecule has 4 rings (SSSR count). The lowest BCUT2D eigenvalue weighted by Gasteiger charge is -2.12. The number of amides is 1. The molecule has 0 unspecified atom stereocenters. The number of nitrogens with zero attached hydrogens (tertiary/aromatic N) is 2. The Bertz CT molecular complexity index is 1240. The molecule has 3 aromatic carbocycles. The number of hydrogen-bond acceptors (Lipinski definition) is 4.